The molecule has 1 atom stereocenters. The maximum atomic E-state index is 5.79. The van der Waals surface area contributed by atoms with Crippen molar-refractivity contribution in [3.05, 3.63) is 0 Å². The van der Waals surface area contributed by atoms with Crippen LogP contribution in [0.1, 0.15) is 27.2 Å². The monoisotopic (exact) mass is 207 g/mol. The Morgan fingerprint density at radius 1 is 1.23 bits per heavy atom. The Kier molecular flexibility index (Phi) is 8.93. The molecule has 0 aliphatic heterocycles. The summed E-state index contributed by atoms with van der Waals surface area (Å²) >= 11 is 5.79. The van der Waals surface area contributed by atoms with E-state index in [2.05, 4.69) is 19.2 Å². The average molecular weight is 208 g/mol. The van der Waals surface area contributed by atoms with Gasteiger partial charge >= 0.3 is 0 Å². The van der Waals surface area contributed by atoms with Gasteiger partial charge in [0.1, 0.15) is 0 Å². The molecular formula is C10H22ClNO. The Balaban J connectivity index is 2.92. The third kappa shape index (κ3) is 12.2. The molecule has 0 aromatic rings. The standard InChI is InChI=1S/C10H22ClNO/c1-9(2)8-13-7-6-12-5-4-10(3)11/h9-10,12H,4-8H2,1-3H3. The molecule has 0 aromatic carbocycles. The fourth-order valence-electron chi connectivity index (χ4n) is 0.889. The quantitative estimate of drug-likeness (QED) is 0.487. The highest BCUT2D eigenvalue weighted by molar-refractivity contribution is 6.20. The Labute approximate surface area is 87.0 Å². The van der Waals surface area contributed by atoms with Crippen LogP contribution in [-0.2, 0) is 4.74 Å². The molecule has 0 bridgehead atoms. The van der Waals surface area contributed by atoms with Crippen molar-refractivity contribution in [3.8, 4) is 0 Å². The van der Waals surface area contributed by atoms with Gasteiger partial charge in [-0.3, -0.25) is 0 Å². The Bertz CT molecular complexity index is 95.1. The van der Waals surface area contributed by atoms with E-state index in [1.807, 2.05) is 6.92 Å². The van der Waals surface area contributed by atoms with Crippen LogP contribution in [0.4, 0.5) is 0 Å². The molecule has 2 nitrogen and oxygen atoms in total. The summed E-state index contributed by atoms with van der Waals surface area (Å²) in [5.41, 5.74) is 0. The zero-order chi connectivity index (χ0) is 10.1. The number of halogens is 1. The maximum absolute atomic E-state index is 5.79. The van der Waals surface area contributed by atoms with Gasteiger partial charge < -0.3 is 10.1 Å². The fraction of sp³-hybridized carbons (Fsp3) is 1.00. The second-order valence-corrected chi connectivity index (χ2v) is 4.53. The summed E-state index contributed by atoms with van der Waals surface area (Å²) in [7, 11) is 0. The van der Waals surface area contributed by atoms with Crippen LogP contribution >= 0.6 is 11.6 Å². The first-order valence-electron chi connectivity index (χ1n) is 5.05. The van der Waals surface area contributed by atoms with E-state index in [1.54, 1.807) is 0 Å². The Morgan fingerprint density at radius 3 is 2.46 bits per heavy atom. The lowest BCUT2D eigenvalue weighted by Crippen LogP contribution is -2.23. The lowest BCUT2D eigenvalue weighted by atomic mass is 10.2. The van der Waals surface area contributed by atoms with Crippen LogP contribution in [0.25, 0.3) is 0 Å². The summed E-state index contributed by atoms with van der Waals surface area (Å²) in [6.07, 6.45) is 1.02. The van der Waals surface area contributed by atoms with Crippen molar-refractivity contribution >= 4 is 11.6 Å². The highest BCUT2D eigenvalue weighted by atomic mass is 35.5. The van der Waals surface area contributed by atoms with E-state index in [4.69, 9.17) is 16.3 Å². The predicted octanol–water partition coefficient (Wildman–Crippen LogP) is 2.27. The molecule has 0 aliphatic carbocycles. The van der Waals surface area contributed by atoms with Gasteiger partial charge in [0.2, 0.25) is 0 Å². The molecule has 13 heavy (non-hydrogen) atoms. The summed E-state index contributed by atoms with van der Waals surface area (Å²) < 4.78 is 5.41. The first-order chi connectivity index (χ1) is 6.13. The second kappa shape index (κ2) is 8.79. The molecule has 0 saturated heterocycles. The lowest BCUT2D eigenvalue weighted by molar-refractivity contribution is 0.112. The largest absolute Gasteiger partial charge is 0.380 e. The minimum Gasteiger partial charge on any atom is -0.380 e. The van der Waals surface area contributed by atoms with Gasteiger partial charge in [-0.05, 0) is 25.8 Å². The molecule has 0 aliphatic rings. The highest BCUT2D eigenvalue weighted by Crippen LogP contribution is 1.97. The number of rotatable bonds is 8. The van der Waals surface area contributed by atoms with Crippen molar-refractivity contribution in [1.82, 2.24) is 5.32 Å². The van der Waals surface area contributed by atoms with Crippen LogP contribution in [0.15, 0.2) is 0 Å². The molecular weight excluding hydrogens is 186 g/mol. The molecule has 0 rings (SSSR count). The van der Waals surface area contributed by atoms with Crippen LogP contribution in [0, 0.1) is 5.92 Å². The van der Waals surface area contributed by atoms with E-state index in [1.165, 1.54) is 0 Å². The first kappa shape index (κ1) is 13.2. The van der Waals surface area contributed by atoms with Gasteiger partial charge in [0.15, 0.2) is 0 Å². The highest BCUT2D eigenvalue weighted by Gasteiger charge is 1.95. The molecule has 0 spiro atoms. The van der Waals surface area contributed by atoms with Gasteiger partial charge in [-0.2, -0.15) is 0 Å². The van der Waals surface area contributed by atoms with Crippen molar-refractivity contribution in [2.24, 2.45) is 5.92 Å². The molecule has 3 heteroatoms. The van der Waals surface area contributed by atoms with E-state index >= 15 is 0 Å². The van der Waals surface area contributed by atoms with Gasteiger partial charge in [0.25, 0.3) is 0 Å². The van der Waals surface area contributed by atoms with Crippen molar-refractivity contribution in [3.63, 3.8) is 0 Å². The number of hydrogen-bond donors (Lipinski definition) is 1. The van der Waals surface area contributed by atoms with Gasteiger partial charge in [0, 0.05) is 18.5 Å². The Hall–Kier alpha value is 0.210. The summed E-state index contributed by atoms with van der Waals surface area (Å²) in [5, 5.41) is 3.55. The van der Waals surface area contributed by atoms with E-state index < -0.39 is 0 Å². The zero-order valence-electron chi connectivity index (χ0n) is 8.98. The van der Waals surface area contributed by atoms with Gasteiger partial charge in [-0.15, -0.1) is 11.6 Å². The van der Waals surface area contributed by atoms with E-state index in [-0.39, 0.29) is 5.38 Å². The van der Waals surface area contributed by atoms with Crippen molar-refractivity contribution in [2.45, 2.75) is 32.6 Å². The molecule has 80 valence electrons. The van der Waals surface area contributed by atoms with Crippen LogP contribution in [0.3, 0.4) is 0 Å². The summed E-state index contributed by atoms with van der Waals surface area (Å²) in [5.74, 6) is 0.628. The van der Waals surface area contributed by atoms with Crippen LogP contribution in [0.2, 0.25) is 0 Å². The van der Waals surface area contributed by atoms with E-state index in [9.17, 15) is 0 Å². The van der Waals surface area contributed by atoms with Gasteiger partial charge in [-0.25, -0.2) is 0 Å². The smallest absolute Gasteiger partial charge is 0.0591 e. The summed E-state index contributed by atoms with van der Waals surface area (Å²) in [6, 6.07) is 0. The SMILES string of the molecule is CC(C)COCCNCCC(C)Cl. The Morgan fingerprint density at radius 2 is 1.92 bits per heavy atom. The third-order valence-electron chi connectivity index (χ3n) is 1.59. The maximum Gasteiger partial charge on any atom is 0.0591 e. The molecule has 0 heterocycles. The normalized spacial score (nSPS) is 13.6. The first-order valence-corrected chi connectivity index (χ1v) is 5.49. The fourth-order valence-corrected chi connectivity index (χ4v) is 0.998. The zero-order valence-corrected chi connectivity index (χ0v) is 9.73. The summed E-state index contributed by atoms with van der Waals surface area (Å²) in [6.45, 7) is 9.89. The number of ether oxygens (including phenoxy) is 1. The average Bonchev–Trinajstić information content (AvgIpc) is 2.01. The van der Waals surface area contributed by atoms with E-state index in [0.29, 0.717) is 5.92 Å². The van der Waals surface area contributed by atoms with E-state index in [0.717, 1.165) is 32.7 Å². The van der Waals surface area contributed by atoms with Crippen molar-refractivity contribution in [2.75, 3.05) is 26.3 Å². The molecule has 0 fully saturated rings. The van der Waals surface area contributed by atoms with Crippen LogP contribution < -0.4 is 5.32 Å². The molecule has 0 aromatic heterocycles. The molecule has 1 unspecified atom stereocenters. The minimum atomic E-state index is 0.268. The van der Waals surface area contributed by atoms with Crippen molar-refractivity contribution in [1.29, 1.82) is 0 Å². The number of hydrogen-bond acceptors (Lipinski definition) is 2. The molecule has 0 amide bonds. The molecule has 1 N–H and O–H groups in total. The lowest BCUT2D eigenvalue weighted by Gasteiger charge is -2.08. The van der Waals surface area contributed by atoms with Crippen molar-refractivity contribution < 1.29 is 4.74 Å². The second-order valence-electron chi connectivity index (χ2n) is 3.79. The number of alkyl halides is 1. The van der Waals surface area contributed by atoms with Crippen LogP contribution in [-0.4, -0.2) is 31.7 Å². The summed E-state index contributed by atoms with van der Waals surface area (Å²) in [4.78, 5) is 0. The van der Waals surface area contributed by atoms with Crippen LogP contribution in [0.5, 0.6) is 0 Å². The minimum absolute atomic E-state index is 0.268. The number of nitrogens with one attached hydrogen (secondary N) is 1. The van der Waals surface area contributed by atoms with Gasteiger partial charge in [0.05, 0.1) is 6.61 Å². The molecule has 0 radical (unpaired) electrons. The van der Waals surface area contributed by atoms with Gasteiger partial charge in [-0.1, -0.05) is 13.8 Å². The topological polar surface area (TPSA) is 21.3 Å². The third-order valence-corrected chi connectivity index (χ3v) is 1.81. The molecule has 0 saturated carbocycles. The predicted molar refractivity (Wildman–Crippen MR) is 58.5 cm³/mol.